The largest absolute Gasteiger partial charge is 0.454 e. The molecule has 6 nitrogen and oxygen atoms in total. The Labute approximate surface area is 107 Å². The van der Waals surface area contributed by atoms with E-state index in [1.165, 1.54) is 6.20 Å². The molecule has 0 spiro atoms. The molecular formula is C12H19N3O3. The quantitative estimate of drug-likeness (QED) is 0.633. The fourth-order valence-electron chi connectivity index (χ4n) is 1.16. The van der Waals surface area contributed by atoms with Crippen LogP contribution in [0.4, 0.5) is 5.82 Å². The number of ether oxygens (including phenoxy) is 2. The summed E-state index contributed by atoms with van der Waals surface area (Å²) in [5.74, 6) is 0.0909. The van der Waals surface area contributed by atoms with Crippen LogP contribution in [-0.2, 0) is 9.47 Å². The second-order valence-electron chi connectivity index (χ2n) is 4.69. The molecule has 6 heteroatoms. The van der Waals surface area contributed by atoms with E-state index in [0.29, 0.717) is 19.0 Å². The lowest BCUT2D eigenvalue weighted by atomic mass is 10.2. The summed E-state index contributed by atoms with van der Waals surface area (Å²) in [6.45, 7) is 6.57. The summed E-state index contributed by atoms with van der Waals surface area (Å²) in [6.07, 6.45) is 1.52. The maximum atomic E-state index is 11.7. The molecule has 100 valence electrons. The van der Waals surface area contributed by atoms with Crippen LogP contribution in [0.25, 0.3) is 0 Å². The fourth-order valence-corrected chi connectivity index (χ4v) is 1.16. The number of hydrogen-bond donors (Lipinski definition) is 1. The van der Waals surface area contributed by atoms with Crippen LogP contribution in [0.15, 0.2) is 12.3 Å². The number of carbonyl (C=O) groups is 1. The molecule has 0 atom stereocenters. The van der Waals surface area contributed by atoms with Crippen molar-refractivity contribution in [1.82, 2.24) is 9.97 Å². The molecule has 18 heavy (non-hydrogen) atoms. The van der Waals surface area contributed by atoms with E-state index < -0.39 is 11.6 Å². The van der Waals surface area contributed by atoms with E-state index in [1.54, 1.807) is 33.9 Å². The van der Waals surface area contributed by atoms with Gasteiger partial charge in [-0.2, -0.15) is 0 Å². The molecule has 1 N–H and O–H groups in total. The van der Waals surface area contributed by atoms with E-state index >= 15 is 0 Å². The molecule has 0 amide bonds. The Bertz CT molecular complexity index is 402. The van der Waals surface area contributed by atoms with Crippen LogP contribution < -0.4 is 5.32 Å². The summed E-state index contributed by atoms with van der Waals surface area (Å²) in [5.41, 5.74) is -0.556. The van der Waals surface area contributed by atoms with Gasteiger partial charge in [0.2, 0.25) is 5.82 Å². The normalized spacial score (nSPS) is 11.1. The third-order valence-corrected chi connectivity index (χ3v) is 1.85. The highest BCUT2D eigenvalue weighted by Gasteiger charge is 2.20. The molecule has 1 heterocycles. The number of anilines is 1. The van der Waals surface area contributed by atoms with Gasteiger partial charge in [-0.05, 0) is 26.8 Å². The van der Waals surface area contributed by atoms with E-state index in [4.69, 9.17) is 9.47 Å². The Morgan fingerprint density at radius 3 is 2.78 bits per heavy atom. The Hall–Kier alpha value is -1.69. The van der Waals surface area contributed by atoms with Crippen LogP contribution >= 0.6 is 0 Å². The van der Waals surface area contributed by atoms with E-state index in [0.717, 1.165) is 0 Å². The minimum absolute atomic E-state index is 0.0485. The zero-order valence-corrected chi connectivity index (χ0v) is 11.2. The molecule has 0 saturated carbocycles. The van der Waals surface area contributed by atoms with E-state index in [2.05, 4.69) is 15.3 Å². The standard InChI is InChI=1S/C12H19N3O3/c1-12(2,3)18-11(16)10-14-6-5-9(15-10)13-7-8-17-4/h5-6H,7-8H2,1-4H3,(H,13,14,15). The molecule has 0 aliphatic carbocycles. The van der Waals surface area contributed by atoms with Gasteiger partial charge in [-0.15, -0.1) is 0 Å². The molecule has 0 aliphatic rings. The van der Waals surface area contributed by atoms with Crippen LogP contribution in [-0.4, -0.2) is 41.8 Å². The second kappa shape index (κ2) is 6.30. The monoisotopic (exact) mass is 253 g/mol. The lowest BCUT2D eigenvalue weighted by molar-refractivity contribution is 0.00557. The number of hydrogen-bond acceptors (Lipinski definition) is 6. The van der Waals surface area contributed by atoms with Gasteiger partial charge in [0.25, 0.3) is 0 Å². The van der Waals surface area contributed by atoms with E-state index in [1.807, 2.05) is 0 Å². The topological polar surface area (TPSA) is 73.3 Å². The SMILES string of the molecule is COCCNc1ccnc(C(=O)OC(C)(C)C)n1. The maximum Gasteiger partial charge on any atom is 0.376 e. The van der Waals surface area contributed by atoms with Crippen molar-refractivity contribution in [2.45, 2.75) is 26.4 Å². The summed E-state index contributed by atoms with van der Waals surface area (Å²) in [6, 6.07) is 1.68. The summed E-state index contributed by atoms with van der Waals surface area (Å²) in [5, 5.41) is 3.02. The molecule has 0 fully saturated rings. The van der Waals surface area contributed by atoms with Crippen LogP contribution in [0.5, 0.6) is 0 Å². The van der Waals surface area contributed by atoms with Crippen LogP contribution in [0, 0.1) is 0 Å². The maximum absolute atomic E-state index is 11.7. The van der Waals surface area contributed by atoms with Gasteiger partial charge in [0.05, 0.1) is 6.61 Å². The van der Waals surface area contributed by atoms with Gasteiger partial charge < -0.3 is 14.8 Å². The first-order valence-corrected chi connectivity index (χ1v) is 5.71. The van der Waals surface area contributed by atoms with Gasteiger partial charge in [0.1, 0.15) is 11.4 Å². The number of esters is 1. The smallest absolute Gasteiger partial charge is 0.376 e. The van der Waals surface area contributed by atoms with Gasteiger partial charge >= 0.3 is 5.97 Å². The third kappa shape index (κ3) is 5.09. The Morgan fingerprint density at radius 1 is 1.44 bits per heavy atom. The third-order valence-electron chi connectivity index (χ3n) is 1.85. The zero-order chi connectivity index (χ0) is 13.6. The molecule has 0 aromatic carbocycles. The van der Waals surface area contributed by atoms with E-state index in [-0.39, 0.29) is 5.82 Å². The lowest BCUT2D eigenvalue weighted by Crippen LogP contribution is -2.25. The van der Waals surface area contributed by atoms with Crippen molar-refractivity contribution in [3.8, 4) is 0 Å². The molecule has 0 radical (unpaired) electrons. The Balaban J connectivity index is 2.66. The molecule has 0 saturated heterocycles. The first-order chi connectivity index (χ1) is 8.42. The number of aromatic nitrogens is 2. The van der Waals surface area contributed by atoms with Gasteiger partial charge in [-0.1, -0.05) is 0 Å². The highest BCUT2D eigenvalue weighted by atomic mass is 16.6. The number of rotatable bonds is 5. The highest BCUT2D eigenvalue weighted by Crippen LogP contribution is 2.10. The Morgan fingerprint density at radius 2 is 2.17 bits per heavy atom. The molecule has 0 bridgehead atoms. The summed E-state index contributed by atoms with van der Waals surface area (Å²) in [7, 11) is 1.62. The zero-order valence-electron chi connectivity index (χ0n) is 11.2. The van der Waals surface area contributed by atoms with Crippen molar-refractivity contribution in [3.63, 3.8) is 0 Å². The second-order valence-corrected chi connectivity index (χ2v) is 4.69. The predicted molar refractivity (Wildman–Crippen MR) is 67.6 cm³/mol. The number of carbonyl (C=O) groups excluding carboxylic acids is 1. The van der Waals surface area contributed by atoms with Gasteiger partial charge in [0.15, 0.2) is 0 Å². The minimum Gasteiger partial charge on any atom is -0.454 e. The number of methoxy groups -OCH3 is 1. The highest BCUT2D eigenvalue weighted by molar-refractivity contribution is 5.85. The minimum atomic E-state index is -0.556. The van der Waals surface area contributed by atoms with Crippen LogP contribution in [0.3, 0.4) is 0 Å². The van der Waals surface area contributed by atoms with Gasteiger partial charge in [-0.25, -0.2) is 14.8 Å². The fraction of sp³-hybridized carbons (Fsp3) is 0.583. The van der Waals surface area contributed by atoms with Crippen molar-refractivity contribution >= 4 is 11.8 Å². The number of nitrogens with one attached hydrogen (secondary N) is 1. The Kier molecular flexibility index (Phi) is 5.03. The summed E-state index contributed by atoms with van der Waals surface area (Å²) >= 11 is 0. The molecule has 1 rings (SSSR count). The first kappa shape index (κ1) is 14.4. The van der Waals surface area contributed by atoms with Crippen molar-refractivity contribution < 1.29 is 14.3 Å². The lowest BCUT2D eigenvalue weighted by Gasteiger charge is -2.18. The van der Waals surface area contributed by atoms with Gasteiger partial charge in [0, 0.05) is 19.9 Å². The van der Waals surface area contributed by atoms with Crippen LogP contribution in [0.1, 0.15) is 31.4 Å². The van der Waals surface area contributed by atoms with Crippen molar-refractivity contribution in [2.75, 3.05) is 25.6 Å². The molecule has 1 aromatic heterocycles. The number of nitrogens with zero attached hydrogens (tertiary/aromatic N) is 2. The summed E-state index contributed by atoms with van der Waals surface area (Å²) < 4.78 is 10.1. The molecule has 0 unspecified atom stereocenters. The van der Waals surface area contributed by atoms with Crippen molar-refractivity contribution in [3.05, 3.63) is 18.1 Å². The van der Waals surface area contributed by atoms with Crippen molar-refractivity contribution in [1.29, 1.82) is 0 Å². The van der Waals surface area contributed by atoms with Crippen molar-refractivity contribution in [2.24, 2.45) is 0 Å². The average Bonchev–Trinajstić information content (AvgIpc) is 2.27. The van der Waals surface area contributed by atoms with Gasteiger partial charge in [-0.3, -0.25) is 0 Å². The molecular weight excluding hydrogens is 234 g/mol. The van der Waals surface area contributed by atoms with E-state index in [9.17, 15) is 4.79 Å². The first-order valence-electron chi connectivity index (χ1n) is 5.71. The summed E-state index contributed by atoms with van der Waals surface area (Å²) in [4.78, 5) is 19.7. The van der Waals surface area contributed by atoms with Crippen LogP contribution in [0.2, 0.25) is 0 Å². The predicted octanol–water partition coefficient (Wildman–Crippen LogP) is 1.49. The molecule has 1 aromatic rings. The average molecular weight is 253 g/mol. The molecule has 0 aliphatic heterocycles.